The second kappa shape index (κ2) is 13.6. The molecule has 0 bridgehead atoms. The normalized spacial score (nSPS) is 11.1. The zero-order chi connectivity index (χ0) is 24.7. The maximum atomic E-state index is 11.4. The molecule has 0 aliphatic heterocycles. The standard InChI is InChI=1S/C24H25Cl3N2O4S.ClH/c1-2-32-23-12-17(14-29-10-9-16-3-7-20(8-4-16)34(28,30)31)11-22(27)24(23)33-15-18-5-6-19(25)13-21(18)26;/h3-8,11-13,29H,2,9-10,14-15H2,1H3,(H2,28,30,31);1H. The smallest absolute Gasteiger partial charge is 0.238 e. The summed E-state index contributed by atoms with van der Waals surface area (Å²) in [5.41, 5.74) is 2.72. The van der Waals surface area contributed by atoms with Crippen molar-refractivity contribution in [1.82, 2.24) is 5.32 Å². The van der Waals surface area contributed by atoms with E-state index in [0.717, 1.165) is 23.1 Å². The van der Waals surface area contributed by atoms with Gasteiger partial charge in [0.25, 0.3) is 0 Å². The molecule has 35 heavy (non-hydrogen) atoms. The van der Waals surface area contributed by atoms with Crippen LogP contribution in [0.1, 0.15) is 23.6 Å². The molecule has 0 spiro atoms. The Bertz CT molecular complexity index is 1240. The van der Waals surface area contributed by atoms with Gasteiger partial charge in [0, 0.05) is 22.2 Å². The fourth-order valence-corrected chi connectivity index (χ4v) is 4.49. The van der Waals surface area contributed by atoms with E-state index in [9.17, 15) is 8.42 Å². The Morgan fingerprint density at radius 2 is 1.63 bits per heavy atom. The lowest BCUT2D eigenvalue weighted by Gasteiger charge is -2.16. The van der Waals surface area contributed by atoms with Gasteiger partial charge < -0.3 is 14.8 Å². The molecule has 190 valence electrons. The number of nitrogens with one attached hydrogen (secondary N) is 1. The summed E-state index contributed by atoms with van der Waals surface area (Å²) < 4.78 is 34.4. The maximum absolute atomic E-state index is 11.4. The highest BCUT2D eigenvalue weighted by atomic mass is 35.5. The molecular weight excluding hydrogens is 554 g/mol. The van der Waals surface area contributed by atoms with Crippen LogP contribution in [-0.4, -0.2) is 21.6 Å². The lowest BCUT2D eigenvalue weighted by Crippen LogP contribution is -2.17. The number of halogens is 4. The first-order valence-electron chi connectivity index (χ1n) is 10.5. The van der Waals surface area contributed by atoms with Crippen LogP contribution >= 0.6 is 47.2 Å². The van der Waals surface area contributed by atoms with E-state index in [1.165, 1.54) is 12.1 Å². The molecule has 0 radical (unpaired) electrons. The number of benzene rings is 3. The SMILES string of the molecule is CCOc1cc(CNCCc2ccc(S(N)(=O)=O)cc2)cc(Cl)c1OCc1ccc(Cl)cc1Cl.Cl. The van der Waals surface area contributed by atoms with Crippen molar-refractivity contribution < 1.29 is 17.9 Å². The summed E-state index contributed by atoms with van der Waals surface area (Å²) in [6, 6.07) is 15.5. The lowest BCUT2D eigenvalue weighted by molar-refractivity contribution is 0.269. The Hall–Kier alpha value is -1.71. The molecule has 3 rings (SSSR count). The molecule has 3 aromatic rings. The van der Waals surface area contributed by atoms with E-state index < -0.39 is 10.0 Å². The molecule has 0 atom stereocenters. The minimum absolute atomic E-state index is 0. The van der Waals surface area contributed by atoms with Gasteiger partial charge in [-0.25, -0.2) is 13.6 Å². The Morgan fingerprint density at radius 1 is 0.914 bits per heavy atom. The summed E-state index contributed by atoms with van der Waals surface area (Å²) >= 11 is 18.7. The van der Waals surface area contributed by atoms with Crippen LogP contribution in [0.25, 0.3) is 0 Å². The van der Waals surface area contributed by atoms with Crippen molar-refractivity contribution in [3.05, 3.63) is 86.4 Å². The molecule has 11 heteroatoms. The molecule has 0 unspecified atom stereocenters. The first kappa shape index (κ1) is 29.5. The lowest BCUT2D eigenvalue weighted by atomic mass is 10.1. The van der Waals surface area contributed by atoms with Gasteiger partial charge in [0.1, 0.15) is 6.61 Å². The summed E-state index contributed by atoms with van der Waals surface area (Å²) in [6.07, 6.45) is 0.722. The monoisotopic (exact) mass is 578 g/mol. The second-order valence-corrected chi connectivity index (χ2v) is 10.3. The Morgan fingerprint density at radius 3 is 2.26 bits per heavy atom. The number of primary sulfonamides is 1. The van der Waals surface area contributed by atoms with Gasteiger partial charge in [0.15, 0.2) is 11.5 Å². The van der Waals surface area contributed by atoms with Gasteiger partial charge in [-0.05, 0) is 67.4 Å². The van der Waals surface area contributed by atoms with E-state index in [-0.39, 0.29) is 23.9 Å². The molecule has 0 aliphatic carbocycles. The van der Waals surface area contributed by atoms with Crippen LogP contribution in [-0.2, 0) is 29.6 Å². The maximum Gasteiger partial charge on any atom is 0.238 e. The van der Waals surface area contributed by atoms with E-state index in [1.807, 2.05) is 19.1 Å². The third-order valence-electron chi connectivity index (χ3n) is 4.93. The van der Waals surface area contributed by atoms with Crippen molar-refractivity contribution in [2.75, 3.05) is 13.2 Å². The van der Waals surface area contributed by atoms with Gasteiger partial charge in [-0.3, -0.25) is 0 Å². The van der Waals surface area contributed by atoms with Crippen molar-refractivity contribution in [2.45, 2.75) is 31.4 Å². The van der Waals surface area contributed by atoms with Gasteiger partial charge in [-0.2, -0.15) is 0 Å². The van der Waals surface area contributed by atoms with Crippen molar-refractivity contribution in [3.8, 4) is 11.5 Å². The molecule has 0 heterocycles. The number of sulfonamides is 1. The molecule has 0 amide bonds. The van der Waals surface area contributed by atoms with Crippen molar-refractivity contribution >= 4 is 57.2 Å². The number of nitrogens with two attached hydrogens (primary N) is 1. The Kier molecular flexibility index (Phi) is 11.4. The van der Waals surface area contributed by atoms with E-state index >= 15 is 0 Å². The average molecular weight is 580 g/mol. The first-order valence-corrected chi connectivity index (χ1v) is 13.2. The van der Waals surface area contributed by atoms with Crippen LogP contribution in [0.4, 0.5) is 0 Å². The minimum Gasteiger partial charge on any atom is -0.490 e. The molecular formula is C24H26Cl4N2O4S. The third kappa shape index (κ3) is 8.72. The molecule has 0 saturated heterocycles. The van der Waals surface area contributed by atoms with Crippen LogP contribution in [0, 0.1) is 0 Å². The molecule has 6 nitrogen and oxygen atoms in total. The molecule has 0 aromatic heterocycles. The average Bonchev–Trinajstić information content (AvgIpc) is 2.77. The molecule has 0 aliphatic rings. The van der Waals surface area contributed by atoms with Crippen LogP contribution in [0.15, 0.2) is 59.5 Å². The summed E-state index contributed by atoms with van der Waals surface area (Å²) in [7, 11) is -3.68. The fourth-order valence-electron chi connectivity index (χ4n) is 3.23. The van der Waals surface area contributed by atoms with Gasteiger partial charge in [-0.1, -0.05) is 53.0 Å². The second-order valence-electron chi connectivity index (χ2n) is 7.48. The highest BCUT2D eigenvalue weighted by molar-refractivity contribution is 7.89. The number of rotatable bonds is 11. The molecule has 0 saturated carbocycles. The largest absolute Gasteiger partial charge is 0.490 e. The summed E-state index contributed by atoms with van der Waals surface area (Å²) in [6.45, 7) is 3.82. The highest BCUT2D eigenvalue weighted by Crippen LogP contribution is 2.37. The van der Waals surface area contributed by atoms with Crippen molar-refractivity contribution in [1.29, 1.82) is 0 Å². The topological polar surface area (TPSA) is 90.6 Å². The fraction of sp³-hybridized carbons (Fsp3) is 0.250. The predicted molar refractivity (Wildman–Crippen MR) is 144 cm³/mol. The summed E-state index contributed by atoms with van der Waals surface area (Å²) in [5.74, 6) is 1.00. The van der Waals surface area contributed by atoms with E-state index in [2.05, 4.69) is 5.32 Å². The van der Waals surface area contributed by atoms with Gasteiger partial charge >= 0.3 is 0 Å². The van der Waals surface area contributed by atoms with Gasteiger partial charge in [0.05, 0.1) is 16.5 Å². The minimum atomic E-state index is -3.68. The van der Waals surface area contributed by atoms with Crippen LogP contribution in [0.3, 0.4) is 0 Å². The molecule has 0 fully saturated rings. The third-order valence-corrected chi connectivity index (χ3v) is 6.72. The van der Waals surface area contributed by atoms with E-state index in [1.54, 1.807) is 30.3 Å². The summed E-state index contributed by atoms with van der Waals surface area (Å²) in [5, 5.41) is 9.99. The zero-order valence-corrected chi connectivity index (χ0v) is 22.8. The number of hydrogen-bond acceptors (Lipinski definition) is 5. The molecule has 3 N–H and O–H groups in total. The Labute approximate surface area is 227 Å². The van der Waals surface area contributed by atoms with Gasteiger partial charge in [0.2, 0.25) is 10.0 Å². The quantitative estimate of drug-likeness (QED) is 0.271. The Balaban J connectivity index is 0.00000432. The molecule has 3 aromatic carbocycles. The van der Waals surface area contributed by atoms with Crippen molar-refractivity contribution in [3.63, 3.8) is 0 Å². The van der Waals surface area contributed by atoms with E-state index in [4.69, 9.17) is 49.4 Å². The number of hydrogen-bond donors (Lipinski definition) is 2. The highest BCUT2D eigenvalue weighted by Gasteiger charge is 2.14. The van der Waals surface area contributed by atoms with Crippen LogP contribution in [0.5, 0.6) is 11.5 Å². The van der Waals surface area contributed by atoms with Crippen LogP contribution < -0.4 is 19.9 Å². The van der Waals surface area contributed by atoms with Crippen molar-refractivity contribution in [2.24, 2.45) is 5.14 Å². The predicted octanol–water partition coefficient (Wildman–Crippen LogP) is 6.03. The van der Waals surface area contributed by atoms with E-state index in [0.29, 0.717) is 46.3 Å². The van der Waals surface area contributed by atoms with Gasteiger partial charge in [-0.15, -0.1) is 12.4 Å². The number of ether oxygens (including phenoxy) is 2. The van der Waals surface area contributed by atoms with Crippen LogP contribution in [0.2, 0.25) is 15.1 Å². The summed E-state index contributed by atoms with van der Waals surface area (Å²) in [4.78, 5) is 0.1000. The first-order chi connectivity index (χ1) is 16.2. The zero-order valence-electron chi connectivity index (χ0n) is 18.9.